The van der Waals surface area contributed by atoms with Crippen molar-refractivity contribution in [2.24, 2.45) is 7.05 Å². The summed E-state index contributed by atoms with van der Waals surface area (Å²) < 4.78 is 11.4. The number of nitrogens with two attached hydrogens (primary N) is 1. The molecule has 196 valence electrons. The van der Waals surface area contributed by atoms with Gasteiger partial charge in [-0.1, -0.05) is 24.3 Å². The second kappa shape index (κ2) is 9.93. The molecule has 4 heterocycles. The predicted octanol–water partition coefficient (Wildman–Crippen LogP) is 4.11. The molecule has 6 aromatic rings. The van der Waals surface area contributed by atoms with Crippen molar-refractivity contribution in [3.05, 3.63) is 79.3 Å². The number of nitrogens with one attached hydrogen (secondary N) is 1. The number of rotatable bonds is 8. The number of hydrogen-bond acceptors (Lipinski definition) is 7. The number of hydrogen-bond donors (Lipinski definition) is 2. The standard InChI is InChI=1S/C28H27N9O2/c1-35-21-7-4-3-6-18(21)14-22(35)28(38)33-20-9-8-19(15-23(20)39-2)25-24-26(29)31-16-32-27(24)37(34-25)12-5-11-36-13-10-30-17-36/h3-4,6-10,13-17H,5,11-12H2,1-2H3,(H,33,38)(H2,29,31,32). The van der Waals surface area contributed by atoms with Crippen LogP contribution in [0.4, 0.5) is 11.5 Å². The van der Waals surface area contributed by atoms with Crippen molar-refractivity contribution in [1.29, 1.82) is 0 Å². The first-order chi connectivity index (χ1) is 19.0. The summed E-state index contributed by atoms with van der Waals surface area (Å²) in [5, 5.41) is 9.51. The second-order valence-electron chi connectivity index (χ2n) is 9.20. The minimum absolute atomic E-state index is 0.231. The number of aromatic nitrogens is 7. The van der Waals surface area contributed by atoms with Gasteiger partial charge in [0, 0.05) is 49.0 Å². The van der Waals surface area contributed by atoms with Gasteiger partial charge >= 0.3 is 0 Å². The molecule has 0 radical (unpaired) electrons. The van der Waals surface area contributed by atoms with Crippen LogP contribution in [-0.4, -0.2) is 46.9 Å². The van der Waals surface area contributed by atoms with E-state index in [4.69, 9.17) is 15.6 Å². The van der Waals surface area contributed by atoms with E-state index in [1.54, 1.807) is 25.7 Å². The monoisotopic (exact) mass is 521 g/mol. The molecular formula is C28H27N9O2. The van der Waals surface area contributed by atoms with Gasteiger partial charge in [0.25, 0.3) is 5.91 Å². The number of nitrogens with zero attached hydrogens (tertiary/aromatic N) is 7. The number of anilines is 2. The third kappa shape index (κ3) is 4.43. The van der Waals surface area contributed by atoms with E-state index < -0.39 is 0 Å². The van der Waals surface area contributed by atoms with Crippen LogP contribution in [0.25, 0.3) is 33.2 Å². The number of methoxy groups -OCH3 is 1. The van der Waals surface area contributed by atoms with Crippen LogP contribution in [0.2, 0.25) is 0 Å². The Labute approximate surface area is 223 Å². The molecule has 0 saturated heterocycles. The van der Waals surface area contributed by atoms with E-state index >= 15 is 0 Å². The lowest BCUT2D eigenvalue weighted by Gasteiger charge is -2.12. The van der Waals surface area contributed by atoms with Gasteiger partial charge in [-0.05, 0) is 30.7 Å². The van der Waals surface area contributed by atoms with Crippen LogP contribution >= 0.6 is 0 Å². The van der Waals surface area contributed by atoms with Crippen LogP contribution in [0.1, 0.15) is 16.9 Å². The third-order valence-corrected chi connectivity index (χ3v) is 6.81. The normalized spacial score (nSPS) is 11.3. The van der Waals surface area contributed by atoms with Crippen molar-refractivity contribution >= 4 is 39.3 Å². The number of imidazole rings is 1. The Hall–Kier alpha value is -5.19. The summed E-state index contributed by atoms with van der Waals surface area (Å²) in [6, 6.07) is 15.3. The van der Waals surface area contributed by atoms with E-state index in [9.17, 15) is 4.79 Å². The lowest BCUT2D eigenvalue weighted by atomic mass is 10.1. The first-order valence-corrected chi connectivity index (χ1v) is 12.5. The molecule has 2 aromatic carbocycles. The highest BCUT2D eigenvalue weighted by Gasteiger charge is 2.20. The van der Waals surface area contributed by atoms with Gasteiger partial charge in [-0.2, -0.15) is 5.10 Å². The van der Waals surface area contributed by atoms with Crippen molar-refractivity contribution in [2.75, 3.05) is 18.2 Å². The Morgan fingerprint density at radius 1 is 1.10 bits per heavy atom. The topological polar surface area (TPSA) is 131 Å². The molecule has 0 unspecified atom stereocenters. The van der Waals surface area contributed by atoms with Gasteiger partial charge in [0.2, 0.25) is 0 Å². The number of ether oxygens (including phenoxy) is 1. The molecule has 11 nitrogen and oxygen atoms in total. The van der Waals surface area contributed by atoms with Crippen LogP contribution in [0, 0.1) is 0 Å². The Morgan fingerprint density at radius 2 is 1.97 bits per heavy atom. The molecule has 0 saturated carbocycles. The van der Waals surface area contributed by atoms with Crippen molar-refractivity contribution in [3.63, 3.8) is 0 Å². The Balaban J connectivity index is 1.30. The smallest absolute Gasteiger partial charge is 0.272 e. The lowest BCUT2D eigenvalue weighted by molar-refractivity contribution is 0.101. The van der Waals surface area contributed by atoms with Gasteiger partial charge in [0.05, 0.1) is 24.5 Å². The molecule has 1 amide bonds. The molecule has 39 heavy (non-hydrogen) atoms. The zero-order valence-corrected chi connectivity index (χ0v) is 21.6. The van der Waals surface area contributed by atoms with Crippen LogP contribution < -0.4 is 15.8 Å². The molecule has 0 fully saturated rings. The summed E-state index contributed by atoms with van der Waals surface area (Å²) in [6.45, 7) is 1.44. The summed E-state index contributed by atoms with van der Waals surface area (Å²) in [7, 11) is 3.44. The van der Waals surface area contributed by atoms with Gasteiger partial charge in [-0.15, -0.1) is 0 Å². The Bertz CT molecular complexity index is 1800. The maximum atomic E-state index is 13.2. The molecule has 0 aliphatic rings. The SMILES string of the molecule is COc1cc(-c2nn(CCCn3ccnc3)c3ncnc(N)c23)ccc1NC(=O)c1cc2ccccc2n1C. The summed E-state index contributed by atoms with van der Waals surface area (Å²) in [4.78, 5) is 25.9. The molecule has 3 N–H and O–H groups in total. The number of amides is 1. The molecule has 0 aliphatic carbocycles. The van der Waals surface area contributed by atoms with Crippen LogP contribution in [0.15, 0.2) is 73.6 Å². The minimum atomic E-state index is -0.231. The average Bonchev–Trinajstić information content (AvgIpc) is 3.68. The lowest BCUT2D eigenvalue weighted by Crippen LogP contribution is -2.16. The number of aryl methyl sites for hydroxylation is 3. The zero-order chi connectivity index (χ0) is 26.9. The van der Waals surface area contributed by atoms with Crippen LogP contribution in [0.5, 0.6) is 5.75 Å². The van der Waals surface area contributed by atoms with Gasteiger partial charge in [0.1, 0.15) is 29.3 Å². The molecule has 0 atom stereocenters. The van der Waals surface area contributed by atoms with Crippen LogP contribution in [-0.2, 0) is 20.1 Å². The number of carbonyl (C=O) groups is 1. The fraction of sp³-hybridized carbons (Fsp3) is 0.179. The quantitative estimate of drug-likeness (QED) is 0.308. The van der Waals surface area contributed by atoms with Gasteiger partial charge in [-0.3, -0.25) is 4.79 Å². The van der Waals surface area contributed by atoms with Crippen molar-refractivity contribution in [3.8, 4) is 17.0 Å². The molecule has 6 rings (SSSR count). The highest BCUT2D eigenvalue weighted by molar-refractivity contribution is 6.07. The minimum Gasteiger partial charge on any atom is -0.495 e. The summed E-state index contributed by atoms with van der Waals surface area (Å²) in [5.41, 5.74) is 10.4. The Morgan fingerprint density at radius 3 is 2.77 bits per heavy atom. The van der Waals surface area contributed by atoms with E-state index in [1.807, 2.05) is 69.5 Å². The van der Waals surface area contributed by atoms with Crippen molar-refractivity contribution in [1.82, 2.24) is 33.9 Å². The van der Waals surface area contributed by atoms with Crippen molar-refractivity contribution in [2.45, 2.75) is 19.5 Å². The van der Waals surface area contributed by atoms with Gasteiger partial charge in [0.15, 0.2) is 5.65 Å². The number of carbonyl (C=O) groups excluding carboxylic acids is 1. The first-order valence-electron chi connectivity index (χ1n) is 12.5. The summed E-state index contributed by atoms with van der Waals surface area (Å²) in [5.74, 6) is 0.617. The molecule has 0 bridgehead atoms. The first kappa shape index (κ1) is 24.2. The largest absolute Gasteiger partial charge is 0.495 e. The molecule has 0 spiro atoms. The Kier molecular flexibility index (Phi) is 6.16. The summed E-state index contributed by atoms with van der Waals surface area (Å²) >= 11 is 0. The number of benzene rings is 2. The average molecular weight is 522 g/mol. The van der Waals surface area contributed by atoms with Crippen molar-refractivity contribution < 1.29 is 9.53 Å². The molecule has 4 aromatic heterocycles. The number of nitrogen functional groups attached to an aromatic ring is 1. The fourth-order valence-corrected chi connectivity index (χ4v) is 4.85. The third-order valence-electron chi connectivity index (χ3n) is 6.81. The molecule has 0 aliphatic heterocycles. The zero-order valence-electron chi connectivity index (χ0n) is 21.6. The van der Waals surface area contributed by atoms with Gasteiger partial charge in [-0.25, -0.2) is 19.6 Å². The summed E-state index contributed by atoms with van der Waals surface area (Å²) in [6.07, 6.45) is 7.76. The van der Waals surface area contributed by atoms with E-state index in [0.29, 0.717) is 46.2 Å². The van der Waals surface area contributed by atoms with Gasteiger partial charge < -0.3 is 24.9 Å². The van der Waals surface area contributed by atoms with E-state index in [0.717, 1.165) is 29.4 Å². The molecular weight excluding hydrogens is 494 g/mol. The maximum absolute atomic E-state index is 13.2. The highest BCUT2D eigenvalue weighted by atomic mass is 16.5. The highest BCUT2D eigenvalue weighted by Crippen LogP contribution is 2.35. The second-order valence-corrected chi connectivity index (χ2v) is 9.20. The molecule has 11 heteroatoms. The van der Waals surface area contributed by atoms with Crippen LogP contribution in [0.3, 0.4) is 0 Å². The van der Waals surface area contributed by atoms with E-state index in [2.05, 4.69) is 20.3 Å². The number of para-hydroxylation sites is 1. The maximum Gasteiger partial charge on any atom is 0.272 e. The fourth-order valence-electron chi connectivity index (χ4n) is 4.85. The van der Waals surface area contributed by atoms with E-state index in [1.165, 1.54) is 6.33 Å². The predicted molar refractivity (Wildman–Crippen MR) is 149 cm³/mol. The number of fused-ring (bicyclic) bond motifs is 2. The van der Waals surface area contributed by atoms with E-state index in [-0.39, 0.29) is 5.91 Å².